The zero-order chi connectivity index (χ0) is 13.5. The number of amides is 2. The van der Waals surface area contributed by atoms with E-state index >= 15 is 0 Å². The molecule has 0 saturated carbocycles. The lowest BCUT2D eigenvalue weighted by atomic mass is 10.2. The zero-order valence-electron chi connectivity index (χ0n) is 11.3. The number of hydrogen-bond acceptors (Lipinski definition) is 4. The molecule has 0 spiro atoms. The highest BCUT2D eigenvalue weighted by atomic mass is 16.2. The van der Waals surface area contributed by atoms with Crippen LogP contribution in [0, 0.1) is 0 Å². The lowest BCUT2D eigenvalue weighted by Crippen LogP contribution is -2.50. The first-order valence-electron chi connectivity index (χ1n) is 6.56. The molecule has 6 nitrogen and oxygen atoms in total. The Labute approximate surface area is 108 Å². The second kappa shape index (κ2) is 7.33. The van der Waals surface area contributed by atoms with Gasteiger partial charge >= 0.3 is 0 Å². The summed E-state index contributed by atoms with van der Waals surface area (Å²) in [5, 5.41) is 0. The molecule has 0 aromatic heterocycles. The summed E-state index contributed by atoms with van der Waals surface area (Å²) in [5.41, 5.74) is 2.07. The van der Waals surface area contributed by atoms with Crippen LogP contribution in [0.2, 0.25) is 0 Å². The van der Waals surface area contributed by atoms with Crippen molar-refractivity contribution in [3.63, 3.8) is 0 Å². The van der Waals surface area contributed by atoms with Crippen LogP contribution in [0.5, 0.6) is 0 Å². The molecule has 1 fully saturated rings. The van der Waals surface area contributed by atoms with Crippen LogP contribution in [-0.4, -0.2) is 53.8 Å². The van der Waals surface area contributed by atoms with Gasteiger partial charge in [0.05, 0.1) is 0 Å². The maximum Gasteiger partial charge on any atom is 0.233 e. The van der Waals surface area contributed by atoms with Crippen LogP contribution >= 0.6 is 0 Å². The third-order valence-electron chi connectivity index (χ3n) is 3.35. The van der Waals surface area contributed by atoms with Gasteiger partial charge in [-0.05, 0) is 20.3 Å². The molecular formula is C12H24N4O2. The predicted molar refractivity (Wildman–Crippen MR) is 69.5 cm³/mol. The smallest absolute Gasteiger partial charge is 0.233 e. The van der Waals surface area contributed by atoms with Gasteiger partial charge in [0.1, 0.15) is 0 Å². The van der Waals surface area contributed by atoms with Crippen molar-refractivity contribution in [2.75, 3.05) is 26.2 Å². The molecule has 2 amide bonds. The maximum absolute atomic E-state index is 11.9. The number of piperazine rings is 1. The van der Waals surface area contributed by atoms with Crippen molar-refractivity contribution in [1.29, 1.82) is 0 Å². The van der Waals surface area contributed by atoms with Crippen molar-refractivity contribution in [3.05, 3.63) is 0 Å². The number of nitrogens with zero attached hydrogens (tertiary/aromatic N) is 2. The fraction of sp³-hybridized carbons (Fsp3) is 0.833. The van der Waals surface area contributed by atoms with Gasteiger partial charge in [0.15, 0.2) is 0 Å². The Kier molecular flexibility index (Phi) is 6.07. The van der Waals surface area contributed by atoms with E-state index in [0.717, 1.165) is 26.2 Å². The molecule has 0 aliphatic carbocycles. The van der Waals surface area contributed by atoms with Crippen molar-refractivity contribution in [1.82, 2.24) is 15.2 Å². The summed E-state index contributed by atoms with van der Waals surface area (Å²) < 4.78 is 0. The fourth-order valence-corrected chi connectivity index (χ4v) is 2.12. The van der Waals surface area contributed by atoms with E-state index in [9.17, 15) is 9.59 Å². The van der Waals surface area contributed by atoms with Crippen LogP contribution < -0.4 is 11.3 Å². The molecule has 0 aromatic rings. The zero-order valence-corrected chi connectivity index (χ0v) is 11.3. The van der Waals surface area contributed by atoms with E-state index in [0.29, 0.717) is 25.3 Å². The largest absolute Gasteiger partial charge is 0.340 e. The number of nitrogens with two attached hydrogens (primary N) is 1. The SMILES string of the molecule is CC(C)N1CCN(C(=O)CCCC(=O)NN)CC1. The molecule has 1 rings (SSSR count). The number of hydrazine groups is 1. The molecule has 0 radical (unpaired) electrons. The average Bonchev–Trinajstić information content (AvgIpc) is 2.38. The molecule has 104 valence electrons. The van der Waals surface area contributed by atoms with E-state index in [-0.39, 0.29) is 11.8 Å². The number of carbonyl (C=O) groups excluding carboxylic acids is 2. The van der Waals surface area contributed by atoms with Gasteiger partial charge in [-0.2, -0.15) is 0 Å². The topological polar surface area (TPSA) is 78.7 Å². The average molecular weight is 256 g/mol. The summed E-state index contributed by atoms with van der Waals surface area (Å²) in [4.78, 5) is 27.1. The molecule has 1 heterocycles. The normalized spacial score (nSPS) is 17.0. The van der Waals surface area contributed by atoms with Gasteiger partial charge < -0.3 is 4.90 Å². The molecule has 0 atom stereocenters. The first kappa shape index (κ1) is 14.9. The van der Waals surface area contributed by atoms with Crippen molar-refractivity contribution in [2.24, 2.45) is 5.84 Å². The minimum Gasteiger partial charge on any atom is -0.340 e. The van der Waals surface area contributed by atoms with Crippen LogP contribution in [0.4, 0.5) is 0 Å². The summed E-state index contributed by atoms with van der Waals surface area (Å²) in [6.45, 7) is 7.80. The van der Waals surface area contributed by atoms with E-state index in [4.69, 9.17) is 5.84 Å². The van der Waals surface area contributed by atoms with Crippen LogP contribution in [-0.2, 0) is 9.59 Å². The second-order valence-electron chi connectivity index (χ2n) is 4.93. The number of rotatable bonds is 5. The first-order chi connectivity index (χ1) is 8.54. The fourth-order valence-electron chi connectivity index (χ4n) is 2.12. The van der Waals surface area contributed by atoms with E-state index in [1.807, 2.05) is 4.90 Å². The lowest BCUT2D eigenvalue weighted by Gasteiger charge is -2.37. The molecule has 0 unspecified atom stereocenters. The summed E-state index contributed by atoms with van der Waals surface area (Å²) in [6, 6.07) is 0.538. The highest BCUT2D eigenvalue weighted by Gasteiger charge is 2.21. The highest BCUT2D eigenvalue weighted by molar-refractivity contribution is 5.78. The van der Waals surface area contributed by atoms with Crippen molar-refractivity contribution < 1.29 is 9.59 Å². The van der Waals surface area contributed by atoms with Crippen molar-refractivity contribution in [3.8, 4) is 0 Å². The molecule has 6 heteroatoms. The number of nitrogens with one attached hydrogen (secondary N) is 1. The van der Waals surface area contributed by atoms with E-state index in [2.05, 4.69) is 24.2 Å². The molecule has 0 aromatic carbocycles. The standard InChI is InChI=1S/C12H24N4O2/c1-10(2)15-6-8-16(9-7-15)12(18)5-3-4-11(17)14-13/h10H,3-9,13H2,1-2H3,(H,14,17). The third-order valence-corrected chi connectivity index (χ3v) is 3.35. The minimum absolute atomic E-state index is 0.142. The number of carbonyl (C=O) groups is 2. The molecule has 1 aliphatic rings. The van der Waals surface area contributed by atoms with Crippen LogP contribution in [0.15, 0.2) is 0 Å². The Morgan fingerprint density at radius 1 is 1.17 bits per heavy atom. The van der Waals surface area contributed by atoms with Gasteiger partial charge in [-0.1, -0.05) is 0 Å². The van der Waals surface area contributed by atoms with Crippen LogP contribution in [0.3, 0.4) is 0 Å². The van der Waals surface area contributed by atoms with Crippen molar-refractivity contribution in [2.45, 2.75) is 39.2 Å². The molecular weight excluding hydrogens is 232 g/mol. The molecule has 1 saturated heterocycles. The molecule has 0 bridgehead atoms. The summed E-state index contributed by atoms with van der Waals surface area (Å²) >= 11 is 0. The Balaban J connectivity index is 2.22. The van der Waals surface area contributed by atoms with Crippen molar-refractivity contribution >= 4 is 11.8 Å². The molecule has 1 aliphatic heterocycles. The summed E-state index contributed by atoms with van der Waals surface area (Å²) in [6.07, 6.45) is 1.30. The van der Waals surface area contributed by atoms with E-state index in [1.54, 1.807) is 0 Å². The van der Waals surface area contributed by atoms with Gasteiger partial charge in [-0.15, -0.1) is 0 Å². The van der Waals surface area contributed by atoms with E-state index in [1.165, 1.54) is 0 Å². The maximum atomic E-state index is 11.9. The second-order valence-corrected chi connectivity index (χ2v) is 4.93. The minimum atomic E-state index is -0.215. The van der Waals surface area contributed by atoms with Gasteiger partial charge in [-0.3, -0.25) is 19.9 Å². The summed E-state index contributed by atoms with van der Waals surface area (Å²) in [5.74, 6) is 4.90. The third kappa shape index (κ3) is 4.62. The lowest BCUT2D eigenvalue weighted by molar-refractivity contribution is -0.133. The Bertz CT molecular complexity index is 286. The Morgan fingerprint density at radius 2 is 1.78 bits per heavy atom. The Morgan fingerprint density at radius 3 is 2.28 bits per heavy atom. The Hall–Kier alpha value is -1.14. The predicted octanol–water partition coefficient (Wildman–Crippen LogP) is -0.301. The van der Waals surface area contributed by atoms with Gasteiger partial charge in [-0.25, -0.2) is 5.84 Å². The quantitative estimate of drug-likeness (QED) is 0.402. The monoisotopic (exact) mass is 256 g/mol. The van der Waals surface area contributed by atoms with Crippen LogP contribution in [0.1, 0.15) is 33.1 Å². The van der Waals surface area contributed by atoms with Gasteiger partial charge in [0, 0.05) is 45.1 Å². The molecule has 18 heavy (non-hydrogen) atoms. The molecule has 3 N–H and O–H groups in total. The first-order valence-corrected chi connectivity index (χ1v) is 6.56. The van der Waals surface area contributed by atoms with E-state index < -0.39 is 0 Å². The van der Waals surface area contributed by atoms with Gasteiger partial charge in [0.2, 0.25) is 11.8 Å². The number of hydrogen-bond donors (Lipinski definition) is 2. The highest BCUT2D eigenvalue weighted by Crippen LogP contribution is 2.08. The van der Waals surface area contributed by atoms with Gasteiger partial charge in [0.25, 0.3) is 0 Å². The van der Waals surface area contributed by atoms with Crippen LogP contribution in [0.25, 0.3) is 0 Å². The summed E-state index contributed by atoms with van der Waals surface area (Å²) in [7, 11) is 0.